The van der Waals surface area contributed by atoms with E-state index in [-0.39, 0.29) is 11.9 Å². The fourth-order valence-corrected chi connectivity index (χ4v) is 2.96. The van der Waals surface area contributed by atoms with Gasteiger partial charge in [-0.25, -0.2) is 0 Å². The SMILES string of the molecule is COCCNCC(=O)NC1CCc2c(Br)cccc21. The van der Waals surface area contributed by atoms with Crippen LogP contribution >= 0.6 is 15.9 Å². The fraction of sp³-hybridized carbons (Fsp3) is 0.500. The third-order valence-electron chi connectivity index (χ3n) is 3.32. The lowest BCUT2D eigenvalue weighted by atomic mass is 10.1. The Kier molecular flexibility index (Phi) is 5.36. The zero-order valence-corrected chi connectivity index (χ0v) is 12.6. The summed E-state index contributed by atoms with van der Waals surface area (Å²) in [6, 6.07) is 6.31. The molecule has 0 radical (unpaired) electrons. The fourth-order valence-electron chi connectivity index (χ4n) is 2.38. The van der Waals surface area contributed by atoms with Crippen molar-refractivity contribution in [3.05, 3.63) is 33.8 Å². The van der Waals surface area contributed by atoms with E-state index in [1.54, 1.807) is 7.11 Å². The van der Waals surface area contributed by atoms with E-state index in [1.165, 1.54) is 11.1 Å². The van der Waals surface area contributed by atoms with E-state index in [0.717, 1.165) is 17.3 Å². The lowest BCUT2D eigenvalue weighted by Gasteiger charge is -2.14. The molecule has 0 fully saturated rings. The number of nitrogens with one attached hydrogen (secondary N) is 2. The molecule has 0 bridgehead atoms. The number of ether oxygens (including phenoxy) is 1. The average Bonchev–Trinajstić information content (AvgIpc) is 2.80. The monoisotopic (exact) mass is 326 g/mol. The highest BCUT2D eigenvalue weighted by Crippen LogP contribution is 2.35. The molecule has 0 saturated heterocycles. The molecule has 0 aliphatic heterocycles. The van der Waals surface area contributed by atoms with Gasteiger partial charge in [-0.15, -0.1) is 0 Å². The molecule has 1 aromatic carbocycles. The molecule has 0 saturated carbocycles. The summed E-state index contributed by atoms with van der Waals surface area (Å²) in [5.41, 5.74) is 2.56. The van der Waals surface area contributed by atoms with Crippen LogP contribution in [0.15, 0.2) is 22.7 Å². The van der Waals surface area contributed by atoms with Crippen LogP contribution in [-0.4, -0.2) is 32.7 Å². The molecule has 2 rings (SSSR count). The van der Waals surface area contributed by atoms with Crippen molar-refractivity contribution in [2.75, 3.05) is 26.8 Å². The molecule has 104 valence electrons. The smallest absolute Gasteiger partial charge is 0.234 e. The van der Waals surface area contributed by atoms with Gasteiger partial charge in [-0.3, -0.25) is 4.79 Å². The molecule has 19 heavy (non-hydrogen) atoms. The number of halogens is 1. The van der Waals surface area contributed by atoms with Crippen LogP contribution in [0.5, 0.6) is 0 Å². The molecular weight excluding hydrogens is 308 g/mol. The Balaban J connectivity index is 1.85. The number of fused-ring (bicyclic) bond motifs is 1. The number of amides is 1. The van der Waals surface area contributed by atoms with E-state index in [4.69, 9.17) is 4.74 Å². The lowest BCUT2D eigenvalue weighted by Crippen LogP contribution is -2.36. The molecule has 2 N–H and O–H groups in total. The Morgan fingerprint density at radius 2 is 2.37 bits per heavy atom. The number of methoxy groups -OCH3 is 1. The lowest BCUT2D eigenvalue weighted by molar-refractivity contribution is -0.121. The highest BCUT2D eigenvalue weighted by Gasteiger charge is 2.24. The standard InChI is InChI=1S/C14H19BrN2O2/c1-19-8-7-16-9-14(18)17-13-6-5-10-11(13)3-2-4-12(10)15/h2-4,13,16H,5-9H2,1H3,(H,17,18). The normalized spacial score (nSPS) is 17.3. The van der Waals surface area contributed by atoms with Gasteiger partial charge in [0.2, 0.25) is 5.91 Å². The van der Waals surface area contributed by atoms with Crippen LogP contribution in [0.2, 0.25) is 0 Å². The molecule has 1 aromatic rings. The molecule has 4 nitrogen and oxygen atoms in total. The first-order valence-electron chi connectivity index (χ1n) is 6.48. The molecule has 1 amide bonds. The number of hydrogen-bond donors (Lipinski definition) is 2. The molecule has 0 aromatic heterocycles. The summed E-state index contributed by atoms with van der Waals surface area (Å²) in [5, 5.41) is 6.13. The van der Waals surface area contributed by atoms with Crippen LogP contribution in [0.4, 0.5) is 0 Å². The van der Waals surface area contributed by atoms with Gasteiger partial charge in [-0.2, -0.15) is 0 Å². The quantitative estimate of drug-likeness (QED) is 0.783. The van der Waals surface area contributed by atoms with Crippen molar-refractivity contribution in [3.63, 3.8) is 0 Å². The highest BCUT2D eigenvalue weighted by molar-refractivity contribution is 9.10. The maximum atomic E-state index is 11.8. The van der Waals surface area contributed by atoms with E-state index in [2.05, 4.69) is 38.7 Å². The molecular formula is C14H19BrN2O2. The van der Waals surface area contributed by atoms with Crippen LogP contribution < -0.4 is 10.6 Å². The van der Waals surface area contributed by atoms with Crippen molar-refractivity contribution in [2.24, 2.45) is 0 Å². The summed E-state index contributed by atoms with van der Waals surface area (Å²) < 4.78 is 6.06. The van der Waals surface area contributed by atoms with Crippen LogP contribution in [0.1, 0.15) is 23.6 Å². The number of rotatable bonds is 6. The van der Waals surface area contributed by atoms with E-state index >= 15 is 0 Å². The number of carbonyl (C=O) groups excluding carboxylic acids is 1. The molecule has 1 aliphatic carbocycles. The van der Waals surface area contributed by atoms with Gasteiger partial charge in [0, 0.05) is 18.1 Å². The first kappa shape index (κ1) is 14.5. The van der Waals surface area contributed by atoms with Gasteiger partial charge in [0.1, 0.15) is 0 Å². The van der Waals surface area contributed by atoms with E-state index in [9.17, 15) is 4.79 Å². The predicted octanol–water partition coefficient (Wildman–Crippen LogP) is 1.79. The van der Waals surface area contributed by atoms with Crippen LogP contribution in [0.3, 0.4) is 0 Å². The van der Waals surface area contributed by atoms with Gasteiger partial charge in [-0.1, -0.05) is 28.1 Å². The number of benzene rings is 1. The third kappa shape index (κ3) is 3.78. The van der Waals surface area contributed by atoms with Crippen molar-refractivity contribution in [3.8, 4) is 0 Å². The van der Waals surface area contributed by atoms with Crippen molar-refractivity contribution in [1.29, 1.82) is 0 Å². The number of carbonyl (C=O) groups is 1. The van der Waals surface area contributed by atoms with Crippen LogP contribution in [0.25, 0.3) is 0 Å². The van der Waals surface area contributed by atoms with Gasteiger partial charge in [0.25, 0.3) is 0 Å². The Labute approximate surface area is 122 Å². The van der Waals surface area contributed by atoms with Crippen molar-refractivity contribution in [2.45, 2.75) is 18.9 Å². The van der Waals surface area contributed by atoms with E-state index in [0.29, 0.717) is 19.7 Å². The van der Waals surface area contributed by atoms with Crippen molar-refractivity contribution < 1.29 is 9.53 Å². The second-order valence-corrected chi connectivity index (χ2v) is 5.49. The van der Waals surface area contributed by atoms with Gasteiger partial charge in [0.05, 0.1) is 19.2 Å². The largest absolute Gasteiger partial charge is 0.383 e. The highest BCUT2D eigenvalue weighted by atomic mass is 79.9. The van der Waals surface area contributed by atoms with Crippen molar-refractivity contribution >= 4 is 21.8 Å². The van der Waals surface area contributed by atoms with E-state index in [1.807, 2.05) is 6.07 Å². The summed E-state index contributed by atoms with van der Waals surface area (Å²) in [7, 11) is 1.65. The summed E-state index contributed by atoms with van der Waals surface area (Å²) in [6.07, 6.45) is 1.99. The van der Waals surface area contributed by atoms with Crippen LogP contribution in [0, 0.1) is 0 Å². The van der Waals surface area contributed by atoms with Gasteiger partial charge in [0.15, 0.2) is 0 Å². The summed E-state index contributed by atoms with van der Waals surface area (Å²) >= 11 is 3.56. The molecule has 1 atom stereocenters. The first-order valence-corrected chi connectivity index (χ1v) is 7.28. The van der Waals surface area contributed by atoms with Gasteiger partial charge in [-0.05, 0) is 30.0 Å². The van der Waals surface area contributed by atoms with Crippen LogP contribution in [-0.2, 0) is 16.0 Å². The minimum Gasteiger partial charge on any atom is -0.383 e. The molecule has 1 unspecified atom stereocenters. The summed E-state index contributed by atoms with van der Waals surface area (Å²) in [4.78, 5) is 11.8. The number of hydrogen-bond acceptors (Lipinski definition) is 3. The molecule has 1 aliphatic rings. The second-order valence-electron chi connectivity index (χ2n) is 4.64. The molecule has 0 heterocycles. The Morgan fingerprint density at radius 3 is 3.16 bits per heavy atom. The molecule has 0 spiro atoms. The average molecular weight is 327 g/mol. The zero-order chi connectivity index (χ0) is 13.7. The third-order valence-corrected chi connectivity index (χ3v) is 4.06. The maximum absolute atomic E-state index is 11.8. The summed E-state index contributed by atoms with van der Waals surface area (Å²) in [5.74, 6) is 0.0360. The minimum absolute atomic E-state index is 0.0360. The summed E-state index contributed by atoms with van der Waals surface area (Å²) in [6.45, 7) is 1.65. The van der Waals surface area contributed by atoms with Gasteiger partial charge < -0.3 is 15.4 Å². The Bertz CT molecular complexity index is 451. The van der Waals surface area contributed by atoms with Gasteiger partial charge >= 0.3 is 0 Å². The Hall–Kier alpha value is -0.910. The topological polar surface area (TPSA) is 50.4 Å². The Morgan fingerprint density at radius 1 is 1.53 bits per heavy atom. The second kappa shape index (κ2) is 7.03. The minimum atomic E-state index is 0.0360. The predicted molar refractivity (Wildman–Crippen MR) is 78.1 cm³/mol. The van der Waals surface area contributed by atoms with E-state index < -0.39 is 0 Å². The van der Waals surface area contributed by atoms with Crippen molar-refractivity contribution in [1.82, 2.24) is 10.6 Å². The maximum Gasteiger partial charge on any atom is 0.234 e. The molecule has 5 heteroatoms. The first-order chi connectivity index (χ1) is 9.22. The zero-order valence-electron chi connectivity index (χ0n) is 11.0.